The Morgan fingerprint density at radius 1 is 1.14 bits per heavy atom. The predicted octanol–water partition coefficient (Wildman–Crippen LogP) is 3.24. The summed E-state index contributed by atoms with van der Waals surface area (Å²) in [7, 11) is 0. The molecule has 0 fully saturated rings. The molecule has 0 bridgehead atoms. The zero-order valence-corrected chi connectivity index (χ0v) is 17.4. The van der Waals surface area contributed by atoms with Crippen LogP contribution in [0.5, 0.6) is 0 Å². The average Bonchev–Trinajstić information content (AvgIpc) is 3.27. The number of hydrogen-bond donors (Lipinski definition) is 1. The quantitative estimate of drug-likeness (QED) is 0.636. The van der Waals surface area contributed by atoms with Crippen molar-refractivity contribution in [1.82, 2.24) is 14.9 Å². The van der Waals surface area contributed by atoms with Crippen LogP contribution >= 0.6 is 11.8 Å². The lowest BCUT2D eigenvalue weighted by Crippen LogP contribution is -2.33. The number of hydrogen-bond acceptors (Lipinski definition) is 4. The van der Waals surface area contributed by atoms with E-state index >= 15 is 0 Å². The number of nitrogens with one attached hydrogen (secondary N) is 1. The average molecular weight is 409 g/mol. The third-order valence-corrected chi connectivity index (χ3v) is 5.85. The molecule has 0 radical (unpaired) electrons. The second-order valence-electron chi connectivity index (χ2n) is 7.40. The number of rotatable bonds is 6. The molecule has 6 nitrogen and oxygen atoms in total. The Labute approximate surface area is 174 Å². The van der Waals surface area contributed by atoms with E-state index in [0.29, 0.717) is 11.7 Å². The number of imidazole rings is 1. The summed E-state index contributed by atoms with van der Waals surface area (Å²) in [6, 6.07) is 15.8. The van der Waals surface area contributed by atoms with Crippen molar-refractivity contribution < 1.29 is 9.59 Å². The third kappa shape index (κ3) is 4.15. The van der Waals surface area contributed by atoms with Gasteiger partial charge in [0.1, 0.15) is 6.54 Å². The molecule has 3 aromatic rings. The van der Waals surface area contributed by atoms with Crippen LogP contribution in [0.1, 0.15) is 19.4 Å². The summed E-state index contributed by atoms with van der Waals surface area (Å²) in [4.78, 5) is 31.7. The minimum absolute atomic E-state index is 0.0604. The maximum absolute atomic E-state index is 12.9. The Hall–Kier alpha value is -2.80. The lowest BCUT2D eigenvalue weighted by molar-refractivity contribution is -0.122. The molecule has 1 aliphatic heterocycles. The van der Waals surface area contributed by atoms with Gasteiger partial charge in [0.15, 0.2) is 5.16 Å². The molecule has 0 saturated carbocycles. The Morgan fingerprint density at radius 3 is 2.72 bits per heavy atom. The molecule has 0 saturated heterocycles. The fraction of sp³-hybridized carbons (Fsp3) is 0.318. The van der Waals surface area contributed by atoms with E-state index in [9.17, 15) is 9.59 Å². The first kappa shape index (κ1) is 19.5. The molecule has 1 aliphatic rings. The first-order valence-corrected chi connectivity index (χ1v) is 10.8. The summed E-state index contributed by atoms with van der Waals surface area (Å²) in [5.74, 6) is 0.277. The highest BCUT2D eigenvalue weighted by atomic mass is 32.2. The normalized spacial score (nSPS) is 13.1. The fourth-order valence-electron chi connectivity index (χ4n) is 3.63. The highest BCUT2D eigenvalue weighted by Crippen LogP contribution is 2.29. The highest BCUT2D eigenvalue weighted by Gasteiger charge is 2.25. The number of nitrogens with zero attached hydrogens (tertiary/aromatic N) is 3. The number of carbonyl (C=O) groups is 2. The van der Waals surface area contributed by atoms with Gasteiger partial charge in [-0.2, -0.15) is 0 Å². The van der Waals surface area contributed by atoms with Gasteiger partial charge in [0, 0.05) is 18.3 Å². The van der Waals surface area contributed by atoms with Gasteiger partial charge in [-0.1, -0.05) is 42.1 Å². The largest absolute Gasteiger partial charge is 0.352 e. The number of fused-ring (bicyclic) bond motifs is 2. The first-order chi connectivity index (χ1) is 14.0. The minimum Gasteiger partial charge on any atom is -0.352 e. The minimum atomic E-state index is -0.0650. The standard InChI is InChI=1S/C22H24N4O2S/c1-15(2)23-20(27)13-26-19-10-6-4-8-17(19)24-22(26)29-14-21(28)25-12-11-16-7-3-5-9-18(16)25/h3-10,15H,11-14H2,1-2H3,(H,23,27). The van der Waals surface area contributed by atoms with Gasteiger partial charge in [-0.15, -0.1) is 0 Å². The van der Waals surface area contributed by atoms with Crippen LogP contribution in [0.4, 0.5) is 5.69 Å². The van der Waals surface area contributed by atoms with E-state index in [1.54, 1.807) is 0 Å². The molecule has 7 heteroatoms. The van der Waals surface area contributed by atoms with Gasteiger partial charge < -0.3 is 14.8 Å². The number of amides is 2. The predicted molar refractivity (Wildman–Crippen MR) is 116 cm³/mol. The van der Waals surface area contributed by atoms with Gasteiger partial charge in [0.05, 0.1) is 16.8 Å². The van der Waals surface area contributed by atoms with E-state index in [-0.39, 0.29) is 30.2 Å². The van der Waals surface area contributed by atoms with Crippen LogP contribution in [0.25, 0.3) is 11.0 Å². The first-order valence-electron chi connectivity index (χ1n) is 9.78. The molecule has 29 heavy (non-hydrogen) atoms. The summed E-state index contributed by atoms with van der Waals surface area (Å²) >= 11 is 1.38. The van der Waals surface area contributed by atoms with Crippen LogP contribution in [-0.4, -0.2) is 39.7 Å². The molecule has 2 heterocycles. The van der Waals surface area contributed by atoms with Gasteiger partial charge in [-0.05, 0) is 44.0 Å². The summed E-state index contributed by atoms with van der Waals surface area (Å²) in [6.07, 6.45) is 0.889. The van der Waals surface area contributed by atoms with Crippen LogP contribution in [-0.2, 0) is 22.6 Å². The molecule has 1 aromatic heterocycles. The van der Waals surface area contributed by atoms with Gasteiger partial charge in [0.2, 0.25) is 11.8 Å². The summed E-state index contributed by atoms with van der Waals surface area (Å²) in [5, 5.41) is 3.61. The van der Waals surface area contributed by atoms with Gasteiger partial charge in [0.25, 0.3) is 0 Å². The third-order valence-electron chi connectivity index (χ3n) is 4.88. The van der Waals surface area contributed by atoms with Crippen LogP contribution < -0.4 is 10.2 Å². The second-order valence-corrected chi connectivity index (χ2v) is 8.35. The number of aromatic nitrogens is 2. The van der Waals surface area contributed by atoms with Crippen LogP contribution in [0, 0.1) is 0 Å². The molecule has 4 rings (SSSR count). The summed E-state index contributed by atoms with van der Waals surface area (Å²) in [6.45, 7) is 4.77. The number of carbonyl (C=O) groups excluding carboxylic acids is 2. The van der Waals surface area contributed by atoms with Crippen molar-refractivity contribution in [3.05, 3.63) is 54.1 Å². The molecule has 1 N–H and O–H groups in total. The monoisotopic (exact) mass is 408 g/mol. The Kier molecular flexibility index (Phi) is 5.58. The van der Waals surface area contributed by atoms with E-state index < -0.39 is 0 Å². The van der Waals surface area contributed by atoms with Crippen molar-refractivity contribution in [3.8, 4) is 0 Å². The summed E-state index contributed by atoms with van der Waals surface area (Å²) < 4.78 is 1.89. The van der Waals surface area contributed by atoms with Crippen molar-refractivity contribution >= 4 is 40.3 Å². The zero-order valence-electron chi connectivity index (χ0n) is 16.6. The SMILES string of the molecule is CC(C)NC(=O)Cn1c(SCC(=O)N2CCc3ccccc32)nc2ccccc21. The van der Waals surface area contributed by atoms with Crippen LogP contribution in [0.15, 0.2) is 53.7 Å². The van der Waals surface area contributed by atoms with E-state index in [4.69, 9.17) is 0 Å². The molecule has 0 aliphatic carbocycles. The van der Waals surface area contributed by atoms with Crippen molar-refractivity contribution in [2.45, 2.75) is 38.0 Å². The Morgan fingerprint density at radius 2 is 1.90 bits per heavy atom. The van der Waals surface area contributed by atoms with Crippen molar-refractivity contribution in [1.29, 1.82) is 0 Å². The molecular formula is C22H24N4O2S. The van der Waals surface area contributed by atoms with E-state index in [2.05, 4.69) is 16.4 Å². The van der Waals surface area contributed by atoms with E-state index in [1.807, 2.05) is 65.8 Å². The van der Waals surface area contributed by atoms with Crippen LogP contribution in [0.2, 0.25) is 0 Å². The Balaban J connectivity index is 1.52. The molecule has 2 aromatic carbocycles. The molecule has 0 unspecified atom stereocenters. The van der Waals surface area contributed by atoms with Crippen molar-refractivity contribution in [2.24, 2.45) is 0 Å². The van der Waals surface area contributed by atoms with Crippen molar-refractivity contribution in [3.63, 3.8) is 0 Å². The van der Waals surface area contributed by atoms with E-state index in [1.165, 1.54) is 17.3 Å². The second kappa shape index (κ2) is 8.29. The Bertz CT molecular complexity index is 1060. The summed E-state index contributed by atoms with van der Waals surface area (Å²) in [5.41, 5.74) is 3.94. The topological polar surface area (TPSA) is 67.2 Å². The lowest BCUT2D eigenvalue weighted by Gasteiger charge is -2.17. The van der Waals surface area contributed by atoms with Gasteiger partial charge in [-0.3, -0.25) is 9.59 Å². The molecule has 150 valence electrons. The lowest BCUT2D eigenvalue weighted by atomic mass is 10.2. The van der Waals surface area contributed by atoms with Gasteiger partial charge >= 0.3 is 0 Å². The molecule has 0 atom stereocenters. The highest BCUT2D eigenvalue weighted by molar-refractivity contribution is 7.99. The zero-order chi connectivity index (χ0) is 20.4. The molecule has 0 spiro atoms. The van der Waals surface area contributed by atoms with E-state index in [0.717, 1.165) is 23.1 Å². The fourth-order valence-corrected chi connectivity index (χ4v) is 4.52. The number of thioether (sulfide) groups is 1. The van der Waals surface area contributed by atoms with Crippen molar-refractivity contribution in [2.75, 3.05) is 17.2 Å². The van der Waals surface area contributed by atoms with Gasteiger partial charge in [-0.25, -0.2) is 4.98 Å². The van der Waals surface area contributed by atoms with Crippen LogP contribution in [0.3, 0.4) is 0 Å². The number of para-hydroxylation sites is 3. The maximum Gasteiger partial charge on any atom is 0.240 e. The molecular weight excluding hydrogens is 384 g/mol. The maximum atomic E-state index is 12.9. The number of benzene rings is 2. The smallest absolute Gasteiger partial charge is 0.240 e. The number of anilines is 1. The molecule has 2 amide bonds.